The van der Waals surface area contributed by atoms with Crippen molar-refractivity contribution < 1.29 is 13.9 Å². The molecule has 0 saturated carbocycles. The Morgan fingerprint density at radius 2 is 2.00 bits per heavy atom. The molecule has 0 saturated heterocycles. The van der Waals surface area contributed by atoms with Crippen LogP contribution in [0.3, 0.4) is 0 Å². The highest BCUT2D eigenvalue weighted by Crippen LogP contribution is 2.21. The number of nitrogens with zero attached hydrogens (tertiary/aromatic N) is 2. The number of hydrogen-bond donors (Lipinski definition) is 1. The molecule has 4 aromatic rings. The maximum Gasteiger partial charge on any atom is 0.287 e. The van der Waals surface area contributed by atoms with E-state index in [1.165, 1.54) is 0 Å². The molecule has 7 heteroatoms. The first kappa shape index (κ1) is 18.3. The molecule has 0 bridgehead atoms. The predicted molar refractivity (Wildman–Crippen MR) is 109 cm³/mol. The van der Waals surface area contributed by atoms with Gasteiger partial charge in [0.05, 0.1) is 17.2 Å². The van der Waals surface area contributed by atoms with Gasteiger partial charge in [0.15, 0.2) is 5.76 Å². The van der Waals surface area contributed by atoms with E-state index >= 15 is 0 Å². The number of aromatic nitrogens is 2. The zero-order valence-corrected chi connectivity index (χ0v) is 16.6. The highest BCUT2D eigenvalue weighted by atomic mass is 79.9. The summed E-state index contributed by atoms with van der Waals surface area (Å²) in [5.74, 6) is 1.35. The molecule has 4 rings (SSSR count). The molecular weight excluding hydrogens is 422 g/mol. The van der Waals surface area contributed by atoms with Gasteiger partial charge in [-0.05, 0) is 51.0 Å². The number of halogens is 1. The molecule has 0 aliphatic carbocycles. The van der Waals surface area contributed by atoms with E-state index in [0.717, 1.165) is 21.0 Å². The molecular formula is C21H18BrN3O3. The average Bonchev–Trinajstić information content (AvgIpc) is 3.35. The van der Waals surface area contributed by atoms with Gasteiger partial charge in [-0.2, -0.15) is 5.10 Å². The van der Waals surface area contributed by atoms with Crippen LogP contribution in [-0.2, 0) is 13.2 Å². The lowest BCUT2D eigenvalue weighted by atomic mass is 10.1. The Balaban J connectivity index is 1.30. The van der Waals surface area contributed by atoms with Crippen molar-refractivity contribution in [3.05, 3.63) is 83.0 Å². The van der Waals surface area contributed by atoms with E-state index in [4.69, 9.17) is 9.15 Å². The summed E-state index contributed by atoms with van der Waals surface area (Å²) in [4.78, 5) is 12.2. The van der Waals surface area contributed by atoms with E-state index in [-0.39, 0.29) is 18.3 Å². The van der Waals surface area contributed by atoms with Gasteiger partial charge >= 0.3 is 0 Å². The minimum absolute atomic E-state index is 0.257. The van der Waals surface area contributed by atoms with Crippen molar-refractivity contribution in [1.82, 2.24) is 15.1 Å². The number of benzene rings is 2. The van der Waals surface area contributed by atoms with Crippen LogP contribution in [0, 0.1) is 0 Å². The topological polar surface area (TPSA) is 69.3 Å². The van der Waals surface area contributed by atoms with Crippen LogP contribution in [0.25, 0.3) is 10.8 Å². The van der Waals surface area contributed by atoms with Crippen LogP contribution in [0.15, 0.2) is 75.9 Å². The molecule has 1 N–H and O–H groups in total. The quantitative estimate of drug-likeness (QED) is 0.463. The fourth-order valence-electron chi connectivity index (χ4n) is 2.82. The number of carbonyl (C=O) groups excluding carboxylic acids is 1. The van der Waals surface area contributed by atoms with Crippen LogP contribution in [0.2, 0.25) is 0 Å². The standard InChI is InChI=1S/C21H18BrN3O3/c22-17-12-24-25(13-17)10-9-23-21(26)20-8-7-19(28-20)14-27-18-6-5-15-3-1-2-4-16(15)11-18/h1-8,11-13H,9-10,14H2,(H,23,26). The van der Waals surface area contributed by atoms with E-state index in [0.29, 0.717) is 18.8 Å². The lowest BCUT2D eigenvalue weighted by molar-refractivity contribution is 0.0920. The Morgan fingerprint density at radius 3 is 2.82 bits per heavy atom. The summed E-state index contributed by atoms with van der Waals surface area (Å²) in [7, 11) is 0. The summed E-state index contributed by atoms with van der Waals surface area (Å²) < 4.78 is 14.0. The summed E-state index contributed by atoms with van der Waals surface area (Å²) in [6, 6.07) is 17.4. The smallest absolute Gasteiger partial charge is 0.287 e. The van der Waals surface area contributed by atoms with Crippen molar-refractivity contribution in [3.63, 3.8) is 0 Å². The Hall–Kier alpha value is -3.06. The number of furan rings is 1. The molecule has 28 heavy (non-hydrogen) atoms. The van der Waals surface area contributed by atoms with Crippen molar-refractivity contribution in [1.29, 1.82) is 0 Å². The molecule has 0 aliphatic heterocycles. The van der Waals surface area contributed by atoms with Crippen LogP contribution < -0.4 is 10.1 Å². The van der Waals surface area contributed by atoms with Crippen LogP contribution in [-0.4, -0.2) is 22.2 Å². The van der Waals surface area contributed by atoms with Crippen molar-refractivity contribution in [2.24, 2.45) is 0 Å². The fourth-order valence-corrected chi connectivity index (χ4v) is 3.15. The van der Waals surface area contributed by atoms with Gasteiger partial charge in [-0.25, -0.2) is 0 Å². The minimum atomic E-state index is -0.261. The molecule has 6 nitrogen and oxygen atoms in total. The highest BCUT2D eigenvalue weighted by Gasteiger charge is 2.11. The number of fused-ring (bicyclic) bond motifs is 1. The van der Waals surface area contributed by atoms with Crippen LogP contribution in [0.4, 0.5) is 0 Å². The molecule has 2 heterocycles. The van der Waals surface area contributed by atoms with Gasteiger partial charge in [-0.1, -0.05) is 30.3 Å². The number of rotatable bonds is 7. The summed E-state index contributed by atoms with van der Waals surface area (Å²) in [5, 5.41) is 9.23. The van der Waals surface area contributed by atoms with Gasteiger partial charge in [0.1, 0.15) is 18.1 Å². The van der Waals surface area contributed by atoms with Crippen LogP contribution in [0.5, 0.6) is 5.75 Å². The number of ether oxygens (including phenoxy) is 1. The van der Waals surface area contributed by atoms with Gasteiger partial charge in [0.2, 0.25) is 0 Å². The van der Waals surface area contributed by atoms with Gasteiger partial charge in [-0.15, -0.1) is 0 Å². The van der Waals surface area contributed by atoms with Gasteiger partial charge in [0.25, 0.3) is 5.91 Å². The summed E-state index contributed by atoms with van der Waals surface area (Å²) in [6.45, 7) is 1.29. The zero-order chi connectivity index (χ0) is 19.3. The molecule has 2 aromatic carbocycles. The SMILES string of the molecule is O=C(NCCn1cc(Br)cn1)c1ccc(COc2ccc3ccccc3c2)o1. The Morgan fingerprint density at radius 1 is 1.14 bits per heavy atom. The van der Waals surface area contributed by atoms with Gasteiger partial charge in [-0.3, -0.25) is 9.48 Å². The van der Waals surface area contributed by atoms with E-state index < -0.39 is 0 Å². The van der Waals surface area contributed by atoms with Crippen molar-refractivity contribution in [2.75, 3.05) is 6.54 Å². The largest absolute Gasteiger partial charge is 0.486 e. The van der Waals surface area contributed by atoms with Gasteiger partial charge in [0, 0.05) is 12.7 Å². The van der Waals surface area contributed by atoms with Crippen molar-refractivity contribution in [2.45, 2.75) is 13.2 Å². The van der Waals surface area contributed by atoms with Crippen molar-refractivity contribution >= 4 is 32.6 Å². The van der Waals surface area contributed by atoms with E-state index in [1.54, 1.807) is 23.0 Å². The molecule has 1 amide bonds. The number of carbonyl (C=O) groups is 1. The van der Waals surface area contributed by atoms with Crippen LogP contribution in [0.1, 0.15) is 16.3 Å². The first-order valence-electron chi connectivity index (χ1n) is 8.84. The second-order valence-corrected chi connectivity index (χ2v) is 7.16. The fraction of sp³-hybridized carbons (Fsp3) is 0.143. The summed E-state index contributed by atoms with van der Waals surface area (Å²) in [5.41, 5.74) is 0. The van der Waals surface area contributed by atoms with Crippen molar-refractivity contribution in [3.8, 4) is 5.75 Å². The van der Waals surface area contributed by atoms with E-state index in [2.05, 4.69) is 32.4 Å². The average molecular weight is 440 g/mol. The molecule has 0 fully saturated rings. The second-order valence-electron chi connectivity index (χ2n) is 6.24. The first-order valence-corrected chi connectivity index (χ1v) is 9.63. The summed E-state index contributed by atoms with van der Waals surface area (Å²) in [6.07, 6.45) is 3.55. The molecule has 0 radical (unpaired) electrons. The monoisotopic (exact) mass is 439 g/mol. The second kappa shape index (κ2) is 8.31. The summed E-state index contributed by atoms with van der Waals surface area (Å²) >= 11 is 3.34. The van der Waals surface area contributed by atoms with Crippen LogP contribution >= 0.6 is 15.9 Å². The number of hydrogen-bond acceptors (Lipinski definition) is 4. The predicted octanol–water partition coefficient (Wildman–Crippen LogP) is 4.40. The Labute approximate surface area is 170 Å². The molecule has 0 spiro atoms. The lowest BCUT2D eigenvalue weighted by Crippen LogP contribution is -2.27. The third kappa shape index (κ3) is 4.43. The highest BCUT2D eigenvalue weighted by molar-refractivity contribution is 9.10. The maximum absolute atomic E-state index is 12.2. The van der Waals surface area contributed by atoms with E-state index in [9.17, 15) is 4.79 Å². The Bertz CT molecular complexity index is 1100. The van der Waals surface area contributed by atoms with E-state index in [1.807, 2.05) is 42.6 Å². The molecule has 0 aliphatic rings. The Kier molecular flexibility index (Phi) is 5.43. The first-order chi connectivity index (χ1) is 13.7. The minimum Gasteiger partial charge on any atom is -0.486 e. The number of amides is 1. The third-order valence-electron chi connectivity index (χ3n) is 4.22. The third-order valence-corrected chi connectivity index (χ3v) is 4.63. The normalized spacial score (nSPS) is 10.9. The van der Waals surface area contributed by atoms with Gasteiger partial charge < -0.3 is 14.5 Å². The molecule has 2 aromatic heterocycles. The molecule has 0 unspecified atom stereocenters. The maximum atomic E-state index is 12.2. The number of nitrogens with one attached hydrogen (secondary N) is 1. The zero-order valence-electron chi connectivity index (χ0n) is 15.0. The lowest BCUT2D eigenvalue weighted by Gasteiger charge is -2.06. The molecule has 0 atom stereocenters. The molecule has 142 valence electrons.